The van der Waals surface area contributed by atoms with Gasteiger partial charge in [-0.3, -0.25) is 0 Å². The number of thioether (sulfide) groups is 1. The van der Waals surface area contributed by atoms with Gasteiger partial charge < -0.3 is 5.11 Å². The van der Waals surface area contributed by atoms with E-state index in [4.69, 9.17) is 0 Å². The third-order valence-corrected chi connectivity index (χ3v) is 2.87. The topological polar surface area (TPSA) is 20.2 Å². The van der Waals surface area contributed by atoms with Crippen LogP contribution in [0.25, 0.3) is 5.57 Å². The standard InChI is InChI=1S/C10H10OS/c11-10-4-2-1-3-9(10)8-5-6-12-7-8/h1-5,11H,6-7H2. The monoisotopic (exact) mass is 178 g/mol. The summed E-state index contributed by atoms with van der Waals surface area (Å²) in [4.78, 5) is 0. The van der Waals surface area contributed by atoms with E-state index in [1.54, 1.807) is 6.07 Å². The highest BCUT2D eigenvalue weighted by atomic mass is 32.2. The number of aromatic hydroxyl groups is 1. The van der Waals surface area contributed by atoms with Gasteiger partial charge in [0, 0.05) is 17.1 Å². The van der Waals surface area contributed by atoms with Crippen molar-refractivity contribution < 1.29 is 5.11 Å². The number of benzene rings is 1. The minimum atomic E-state index is 0.395. The summed E-state index contributed by atoms with van der Waals surface area (Å²) in [6, 6.07) is 7.51. The minimum Gasteiger partial charge on any atom is -0.507 e. The lowest BCUT2D eigenvalue weighted by atomic mass is 10.1. The fraction of sp³-hybridized carbons (Fsp3) is 0.200. The van der Waals surface area contributed by atoms with E-state index in [1.807, 2.05) is 30.0 Å². The van der Waals surface area contributed by atoms with Gasteiger partial charge in [-0.2, -0.15) is 11.8 Å². The molecule has 1 aliphatic heterocycles. The molecule has 2 heteroatoms. The molecule has 0 atom stereocenters. The van der Waals surface area contributed by atoms with Crippen LogP contribution in [0.3, 0.4) is 0 Å². The molecule has 1 nitrogen and oxygen atoms in total. The van der Waals surface area contributed by atoms with Gasteiger partial charge in [-0.05, 0) is 11.6 Å². The lowest BCUT2D eigenvalue weighted by Crippen LogP contribution is -1.83. The molecular weight excluding hydrogens is 168 g/mol. The number of hydrogen-bond donors (Lipinski definition) is 1. The maximum atomic E-state index is 9.52. The first-order chi connectivity index (χ1) is 5.88. The van der Waals surface area contributed by atoms with E-state index >= 15 is 0 Å². The highest BCUT2D eigenvalue weighted by Gasteiger charge is 2.09. The molecule has 62 valence electrons. The SMILES string of the molecule is Oc1ccccc1C1=CCSC1. The smallest absolute Gasteiger partial charge is 0.123 e. The molecule has 12 heavy (non-hydrogen) atoms. The number of hydrogen-bond acceptors (Lipinski definition) is 2. The van der Waals surface area contributed by atoms with E-state index in [2.05, 4.69) is 6.08 Å². The summed E-state index contributed by atoms with van der Waals surface area (Å²) in [5, 5.41) is 9.52. The summed E-state index contributed by atoms with van der Waals surface area (Å²) < 4.78 is 0. The Morgan fingerprint density at radius 3 is 2.75 bits per heavy atom. The Morgan fingerprint density at radius 2 is 2.08 bits per heavy atom. The lowest BCUT2D eigenvalue weighted by molar-refractivity contribution is 0.473. The van der Waals surface area contributed by atoms with Crippen molar-refractivity contribution in [1.82, 2.24) is 0 Å². The molecule has 0 aliphatic carbocycles. The molecule has 0 saturated carbocycles. The summed E-state index contributed by atoms with van der Waals surface area (Å²) in [7, 11) is 0. The predicted octanol–water partition coefficient (Wildman–Crippen LogP) is 2.52. The number of rotatable bonds is 1. The summed E-state index contributed by atoms with van der Waals surface area (Å²) in [5.41, 5.74) is 2.25. The van der Waals surface area contributed by atoms with Gasteiger partial charge in [-0.25, -0.2) is 0 Å². The third kappa shape index (κ3) is 1.34. The first-order valence-corrected chi connectivity index (χ1v) is 5.08. The van der Waals surface area contributed by atoms with Crippen LogP contribution in [0, 0.1) is 0 Å². The normalized spacial score (nSPS) is 16.2. The third-order valence-electron chi connectivity index (χ3n) is 1.96. The van der Waals surface area contributed by atoms with E-state index in [0.29, 0.717) is 5.75 Å². The number of phenolic OH excluding ortho intramolecular Hbond substituents is 1. The van der Waals surface area contributed by atoms with Crippen LogP contribution in [0.5, 0.6) is 5.75 Å². The highest BCUT2D eigenvalue weighted by Crippen LogP contribution is 2.31. The summed E-state index contributed by atoms with van der Waals surface area (Å²) in [5.74, 6) is 2.49. The van der Waals surface area contributed by atoms with Gasteiger partial charge in [0.2, 0.25) is 0 Å². The zero-order valence-corrected chi connectivity index (χ0v) is 7.47. The Hall–Kier alpha value is -0.890. The van der Waals surface area contributed by atoms with Crippen LogP contribution < -0.4 is 0 Å². The van der Waals surface area contributed by atoms with Crippen LogP contribution in [0.4, 0.5) is 0 Å². The molecule has 2 rings (SSSR count). The molecule has 0 bridgehead atoms. The Balaban J connectivity index is 2.39. The summed E-state index contributed by atoms with van der Waals surface area (Å²) >= 11 is 1.88. The second kappa shape index (κ2) is 3.23. The molecule has 0 radical (unpaired) electrons. The van der Waals surface area contributed by atoms with E-state index in [0.717, 1.165) is 17.1 Å². The van der Waals surface area contributed by atoms with E-state index < -0.39 is 0 Å². The van der Waals surface area contributed by atoms with Crippen molar-refractivity contribution in [2.24, 2.45) is 0 Å². The van der Waals surface area contributed by atoms with Gasteiger partial charge in [0.25, 0.3) is 0 Å². The number of para-hydroxylation sites is 1. The minimum absolute atomic E-state index is 0.395. The first-order valence-electron chi connectivity index (χ1n) is 3.93. The predicted molar refractivity (Wildman–Crippen MR) is 53.4 cm³/mol. The zero-order valence-electron chi connectivity index (χ0n) is 6.66. The fourth-order valence-electron chi connectivity index (χ4n) is 1.32. The van der Waals surface area contributed by atoms with E-state index in [-0.39, 0.29) is 0 Å². The van der Waals surface area contributed by atoms with Crippen molar-refractivity contribution in [2.45, 2.75) is 0 Å². The molecule has 1 aromatic carbocycles. The van der Waals surface area contributed by atoms with E-state index in [9.17, 15) is 5.11 Å². The molecular formula is C10H10OS. The second-order valence-electron chi connectivity index (χ2n) is 2.76. The van der Waals surface area contributed by atoms with Crippen molar-refractivity contribution in [1.29, 1.82) is 0 Å². The maximum absolute atomic E-state index is 9.52. The van der Waals surface area contributed by atoms with Gasteiger partial charge >= 0.3 is 0 Å². The Labute approximate surface area is 76.1 Å². The average molecular weight is 178 g/mol. The molecule has 1 aromatic rings. The first kappa shape index (κ1) is 7.74. The van der Waals surface area contributed by atoms with Crippen LogP contribution in [-0.2, 0) is 0 Å². The quantitative estimate of drug-likeness (QED) is 0.713. The molecule has 0 spiro atoms. The highest BCUT2D eigenvalue weighted by molar-refractivity contribution is 8.00. The number of phenols is 1. The molecule has 0 fully saturated rings. The largest absolute Gasteiger partial charge is 0.507 e. The van der Waals surface area contributed by atoms with Gasteiger partial charge in [0.15, 0.2) is 0 Å². The molecule has 1 heterocycles. The van der Waals surface area contributed by atoms with Crippen LogP contribution in [0.1, 0.15) is 5.56 Å². The van der Waals surface area contributed by atoms with Crippen molar-refractivity contribution in [3.8, 4) is 5.75 Å². The summed E-state index contributed by atoms with van der Waals surface area (Å²) in [6.45, 7) is 0. The Morgan fingerprint density at radius 1 is 1.25 bits per heavy atom. The second-order valence-corrected chi connectivity index (χ2v) is 3.79. The van der Waals surface area contributed by atoms with Gasteiger partial charge in [-0.15, -0.1) is 0 Å². The van der Waals surface area contributed by atoms with Gasteiger partial charge in [0.05, 0.1) is 0 Å². The average Bonchev–Trinajstić information content (AvgIpc) is 2.57. The Bertz CT molecular complexity index is 317. The van der Waals surface area contributed by atoms with Crippen molar-refractivity contribution in [3.05, 3.63) is 35.9 Å². The molecule has 1 aliphatic rings. The maximum Gasteiger partial charge on any atom is 0.123 e. The lowest BCUT2D eigenvalue weighted by Gasteiger charge is -2.03. The van der Waals surface area contributed by atoms with Crippen LogP contribution in [0.15, 0.2) is 30.3 Å². The van der Waals surface area contributed by atoms with Crippen LogP contribution >= 0.6 is 11.8 Å². The zero-order chi connectivity index (χ0) is 8.39. The molecule has 0 unspecified atom stereocenters. The fourth-order valence-corrected chi connectivity index (χ4v) is 2.25. The van der Waals surface area contributed by atoms with Crippen molar-refractivity contribution in [3.63, 3.8) is 0 Å². The molecule has 0 aromatic heterocycles. The van der Waals surface area contributed by atoms with Crippen LogP contribution in [-0.4, -0.2) is 16.6 Å². The molecule has 0 amide bonds. The molecule has 1 N–H and O–H groups in total. The van der Waals surface area contributed by atoms with Crippen molar-refractivity contribution >= 4 is 17.3 Å². The van der Waals surface area contributed by atoms with Crippen LogP contribution in [0.2, 0.25) is 0 Å². The Kier molecular flexibility index (Phi) is 2.09. The van der Waals surface area contributed by atoms with Gasteiger partial charge in [0.1, 0.15) is 5.75 Å². The van der Waals surface area contributed by atoms with Crippen molar-refractivity contribution in [2.75, 3.05) is 11.5 Å². The van der Waals surface area contributed by atoms with Gasteiger partial charge in [-0.1, -0.05) is 24.3 Å². The van der Waals surface area contributed by atoms with E-state index in [1.165, 1.54) is 5.57 Å². The summed E-state index contributed by atoms with van der Waals surface area (Å²) in [6.07, 6.45) is 2.18. The molecule has 0 saturated heterocycles.